The summed E-state index contributed by atoms with van der Waals surface area (Å²) < 4.78 is 1.48. The zero-order valence-corrected chi connectivity index (χ0v) is 15.4. The number of H-pyrrole nitrogens is 1. The topological polar surface area (TPSA) is 75.1 Å². The summed E-state index contributed by atoms with van der Waals surface area (Å²) in [7, 11) is 0. The van der Waals surface area contributed by atoms with E-state index in [9.17, 15) is 14.7 Å². The molecular formula is C24H18N2O3. The molecule has 0 saturated carbocycles. The smallest absolute Gasteiger partial charge is 0.330 e. The van der Waals surface area contributed by atoms with Gasteiger partial charge in [-0.25, -0.2) is 4.79 Å². The largest absolute Gasteiger partial charge is 0.508 e. The van der Waals surface area contributed by atoms with Gasteiger partial charge < -0.3 is 10.1 Å². The number of phenolic OH excluding ortho intramolecular Hbond substituents is 1. The van der Waals surface area contributed by atoms with Gasteiger partial charge in [0.15, 0.2) is 5.78 Å². The number of benzene rings is 3. The number of phenols is 1. The summed E-state index contributed by atoms with van der Waals surface area (Å²) in [5, 5.41) is 9.51. The van der Waals surface area contributed by atoms with Crippen molar-refractivity contribution in [1.29, 1.82) is 0 Å². The second kappa shape index (κ2) is 7.86. The van der Waals surface area contributed by atoms with Crippen LogP contribution in [-0.2, 0) is 0 Å². The van der Waals surface area contributed by atoms with E-state index < -0.39 is 0 Å². The molecule has 1 aromatic heterocycles. The Morgan fingerprint density at radius 3 is 2.52 bits per heavy atom. The number of hydrogen-bond donors (Lipinski definition) is 2. The Bertz CT molecular complexity index is 1250. The lowest BCUT2D eigenvalue weighted by Gasteiger charge is -2.03. The lowest BCUT2D eigenvalue weighted by molar-refractivity contribution is 0.104. The molecule has 0 aliphatic carbocycles. The molecule has 4 rings (SSSR count). The molecule has 0 aliphatic rings. The summed E-state index contributed by atoms with van der Waals surface area (Å²) in [4.78, 5) is 27.8. The summed E-state index contributed by atoms with van der Waals surface area (Å²) in [5.74, 6) is -0.0512. The first-order valence-electron chi connectivity index (χ1n) is 9.09. The van der Waals surface area contributed by atoms with Crippen LogP contribution in [-0.4, -0.2) is 20.4 Å². The van der Waals surface area contributed by atoms with E-state index in [4.69, 9.17) is 0 Å². The Morgan fingerprint density at radius 1 is 0.931 bits per heavy atom. The van der Waals surface area contributed by atoms with E-state index in [0.717, 1.165) is 11.1 Å². The number of rotatable bonds is 5. The maximum absolute atomic E-state index is 12.6. The molecule has 29 heavy (non-hydrogen) atoms. The van der Waals surface area contributed by atoms with Crippen molar-refractivity contribution in [3.63, 3.8) is 0 Å². The third-order valence-corrected chi connectivity index (χ3v) is 4.51. The number of imidazole rings is 1. The van der Waals surface area contributed by atoms with Gasteiger partial charge in [0.1, 0.15) is 5.75 Å². The van der Waals surface area contributed by atoms with Crippen LogP contribution in [0.4, 0.5) is 0 Å². The molecule has 142 valence electrons. The zero-order chi connectivity index (χ0) is 20.2. The first-order chi connectivity index (χ1) is 14.1. The number of ketones is 1. The highest BCUT2D eigenvalue weighted by Gasteiger charge is 2.09. The van der Waals surface area contributed by atoms with Crippen LogP contribution in [0.25, 0.3) is 23.0 Å². The Labute approximate surface area is 167 Å². The second-order valence-electron chi connectivity index (χ2n) is 6.55. The van der Waals surface area contributed by atoms with Crippen molar-refractivity contribution in [2.75, 3.05) is 0 Å². The molecule has 3 aromatic carbocycles. The van der Waals surface area contributed by atoms with Gasteiger partial charge in [-0.2, -0.15) is 0 Å². The van der Waals surface area contributed by atoms with Crippen LogP contribution in [0, 0.1) is 0 Å². The van der Waals surface area contributed by atoms with E-state index in [1.165, 1.54) is 10.6 Å². The van der Waals surface area contributed by atoms with Gasteiger partial charge in [-0.05, 0) is 41.5 Å². The van der Waals surface area contributed by atoms with Crippen LogP contribution in [0.5, 0.6) is 5.75 Å². The highest BCUT2D eigenvalue weighted by atomic mass is 16.3. The fourth-order valence-electron chi connectivity index (χ4n) is 3.06. The number of nitrogens with one attached hydrogen (secondary N) is 1. The lowest BCUT2D eigenvalue weighted by atomic mass is 10.1. The van der Waals surface area contributed by atoms with Gasteiger partial charge in [0, 0.05) is 11.8 Å². The molecular weight excluding hydrogens is 364 g/mol. The van der Waals surface area contributed by atoms with Crippen molar-refractivity contribution in [2.24, 2.45) is 0 Å². The SMILES string of the molecule is O=C(/C=C/c1cccc(O)c1)c1cccc(-n2cc(-c3ccccc3)[nH]c2=O)c1. The van der Waals surface area contributed by atoms with Gasteiger partial charge >= 0.3 is 5.69 Å². The summed E-state index contributed by atoms with van der Waals surface area (Å²) in [6.07, 6.45) is 4.82. The maximum atomic E-state index is 12.6. The monoisotopic (exact) mass is 382 g/mol. The van der Waals surface area contributed by atoms with Crippen molar-refractivity contribution < 1.29 is 9.90 Å². The molecule has 0 spiro atoms. The van der Waals surface area contributed by atoms with E-state index in [2.05, 4.69) is 4.98 Å². The Balaban J connectivity index is 1.62. The van der Waals surface area contributed by atoms with E-state index in [1.54, 1.807) is 60.8 Å². The Morgan fingerprint density at radius 2 is 1.72 bits per heavy atom. The molecule has 0 atom stereocenters. The van der Waals surface area contributed by atoms with Crippen molar-refractivity contribution in [2.45, 2.75) is 0 Å². The molecule has 0 unspecified atom stereocenters. The van der Waals surface area contributed by atoms with Crippen molar-refractivity contribution in [3.8, 4) is 22.7 Å². The van der Waals surface area contributed by atoms with E-state index in [-0.39, 0.29) is 17.2 Å². The normalized spacial score (nSPS) is 11.0. The Kier molecular flexibility index (Phi) is 4.95. The first-order valence-corrected chi connectivity index (χ1v) is 9.09. The number of carbonyl (C=O) groups is 1. The lowest BCUT2D eigenvalue weighted by Crippen LogP contribution is -2.14. The molecule has 0 aliphatic heterocycles. The van der Waals surface area contributed by atoms with Crippen LogP contribution in [0.3, 0.4) is 0 Å². The maximum Gasteiger partial charge on any atom is 0.330 e. The van der Waals surface area contributed by atoms with E-state index >= 15 is 0 Å². The third kappa shape index (κ3) is 4.09. The quantitative estimate of drug-likeness (QED) is 0.396. The third-order valence-electron chi connectivity index (χ3n) is 4.51. The highest BCUT2D eigenvalue weighted by Crippen LogP contribution is 2.18. The molecule has 0 radical (unpaired) electrons. The highest BCUT2D eigenvalue weighted by molar-refractivity contribution is 6.07. The number of aromatic amines is 1. The predicted molar refractivity (Wildman–Crippen MR) is 113 cm³/mol. The van der Waals surface area contributed by atoms with Crippen LogP contribution in [0.1, 0.15) is 15.9 Å². The summed E-state index contributed by atoms with van der Waals surface area (Å²) in [6.45, 7) is 0. The van der Waals surface area contributed by atoms with Gasteiger partial charge in [-0.15, -0.1) is 0 Å². The summed E-state index contributed by atoms with van der Waals surface area (Å²) >= 11 is 0. The van der Waals surface area contributed by atoms with Crippen LogP contribution in [0.2, 0.25) is 0 Å². The molecule has 0 bridgehead atoms. The number of nitrogens with zero attached hydrogens (tertiary/aromatic N) is 1. The average Bonchev–Trinajstić information content (AvgIpc) is 3.14. The fraction of sp³-hybridized carbons (Fsp3) is 0. The molecule has 0 fully saturated rings. The average molecular weight is 382 g/mol. The Hall–Kier alpha value is -4.12. The molecule has 5 nitrogen and oxygen atoms in total. The standard InChI is InChI=1S/C24H18N2O3/c27-21-11-4-6-17(14-21)12-13-23(28)19-9-5-10-20(15-19)26-16-22(25-24(26)29)18-7-2-1-3-8-18/h1-16,27H,(H,25,29)/b13-12+. The minimum atomic E-state index is -0.274. The van der Waals surface area contributed by atoms with Crippen molar-refractivity contribution in [1.82, 2.24) is 9.55 Å². The summed E-state index contributed by atoms with van der Waals surface area (Å²) in [6, 6.07) is 23.1. The van der Waals surface area contributed by atoms with Gasteiger partial charge in [0.25, 0.3) is 0 Å². The van der Waals surface area contributed by atoms with E-state index in [1.807, 2.05) is 30.3 Å². The molecule has 0 amide bonds. The minimum absolute atomic E-state index is 0.141. The van der Waals surface area contributed by atoms with Crippen LogP contribution >= 0.6 is 0 Å². The number of hydrogen-bond acceptors (Lipinski definition) is 3. The van der Waals surface area contributed by atoms with E-state index in [0.29, 0.717) is 16.9 Å². The van der Waals surface area contributed by atoms with Crippen LogP contribution in [0.15, 0.2) is 95.9 Å². The number of allylic oxidation sites excluding steroid dienone is 1. The van der Waals surface area contributed by atoms with Gasteiger partial charge in [-0.3, -0.25) is 9.36 Å². The number of carbonyl (C=O) groups excluding carboxylic acids is 1. The molecule has 1 heterocycles. The van der Waals surface area contributed by atoms with Crippen molar-refractivity contribution >= 4 is 11.9 Å². The van der Waals surface area contributed by atoms with Crippen molar-refractivity contribution in [3.05, 3.63) is 113 Å². The number of aromatic nitrogens is 2. The predicted octanol–water partition coefficient (Wildman–Crippen LogP) is 4.43. The van der Waals surface area contributed by atoms with Gasteiger partial charge in [0.2, 0.25) is 0 Å². The van der Waals surface area contributed by atoms with Crippen LogP contribution < -0.4 is 5.69 Å². The molecule has 2 N–H and O–H groups in total. The van der Waals surface area contributed by atoms with Gasteiger partial charge in [0.05, 0.1) is 11.4 Å². The minimum Gasteiger partial charge on any atom is -0.508 e. The molecule has 0 saturated heterocycles. The zero-order valence-electron chi connectivity index (χ0n) is 15.4. The first kappa shape index (κ1) is 18.3. The summed E-state index contributed by atoms with van der Waals surface area (Å²) in [5.41, 5.74) is 3.13. The second-order valence-corrected chi connectivity index (χ2v) is 6.55. The molecule has 5 heteroatoms. The van der Waals surface area contributed by atoms with Gasteiger partial charge in [-0.1, -0.05) is 60.7 Å². The molecule has 4 aromatic rings. The number of aromatic hydroxyl groups is 1. The fourth-order valence-corrected chi connectivity index (χ4v) is 3.06.